The molecule has 10 heteroatoms. The third kappa shape index (κ3) is 10.4. The van der Waals surface area contributed by atoms with Gasteiger partial charge in [0, 0.05) is 62.7 Å². The van der Waals surface area contributed by atoms with Gasteiger partial charge in [0.05, 0.1) is 41.4 Å². The highest BCUT2D eigenvalue weighted by Crippen LogP contribution is 2.35. The van der Waals surface area contributed by atoms with Crippen molar-refractivity contribution in [3.05, 3.63) is 166 Å². The molecule has 0 saturated carbocycles. The monoisotopic (exact) mass is 834 g/mol. The van der Waals surface area contributed by atoms with Crippen LogP contribution in [0, 0.1) is 11.8 Å². The quantitative estimate of drug-likeness (QED) is 0.0676. The van der Waals surface area contributed by atoms with Gasteiger partial charge in [-0.05, 0) is 98.0 Å². The molecule has 0 spiro atoms. The van der Waals surface area contributed by atoms with Crippen LogP contribution in [0.2, 0.25) is 10.0 Å². The van der Waals surface area contributed by atoms with Gasteiger partial charge in [0.25, 0.3) is 0 Å². The van der Waals surface area contributed by atoms with Crippen molar-refractivity contribution < 1.29 is 10.2 Å². The summed E-state index contributed by atoms with van der Waals surface area (Å²) >= 11 is 13.1. The second kappa shape index (κ2) is 20.3. The summed E-state index contributed by atoms with van der Waals surface area (Å²) in [4.78, 5) is 8.98. The number of unbranched alkanes of at least 4 members (excludes halogenated alkanes) is 3. The number of anilines is 2. The molecule has 60 heavy (non-hydrogen) atoms. The molecule has 0 atom stereocenters. The van der Waals surface area contributed by atoms with E-state index in [2.05, 4.69) is 79.5 Å². The summed E-state index contributed by atoms with van der Waals surface area (Å²) in [5, 5.41) is 21.7. The van der Waals surface area contributed by atoms with Gasteiger partial charge in [0.15, 0.2) is 0 Å². The predicted octanol–water partition coefficient (Wildman–Crippen LogP) is 10.8. The van der Waals surface area contributed by atoms with Crippen molar-refractivity contribution >= 4 is 56.6 Å². The Balaban J connectivity index is 0.000000181. The van der Waals surface area contributed by atoms with Crippen LogP contribution >= 0.6 is 23.2 Å². The van der Waals surface area contributed by atoms with Gasteiger partial charge in [-0.3, -0.25) is 0 Å². The van der Waals surface area contributed by atoms with Crippen LogP contribution in [-0.4, -0.2) is 42.5 Å². The first kappa shape index (κ1) is 42.1. The third-order valence-corrected chi connectivity index (χ3v) is 10.9. The van der Waals surface area contributed by atoms with E-state index in [0.29, 0.717) is 42.6 Å². The molecular formula is C50H48Cl2N6O2. The lowest BCUT2D eigenvalue weighted by Gasteiger charge is -2.13. The Bertz CT molecular complexity index is 2780. The molecule has 0 radical (unpaired) electrons. The minimum absolute atomic E-state index is 0.158. The first-order valence-corrected chi connectivity index (χ1v) is 21.0. The highest BCUT2D eigenvalue weighted by atomic mass is 35.5. The lowest BCUT2D eigenvalue weighted by atomic mass is 10.1. The van der Waals surface area contributed by atoms with E-state index in [-0.39, 0.29) is 13.2 Å². The van der Waals surface area contributed by atoms with E-state index in [1.165, 1.54) is 10.9 Å². The zero-order chi connectivity index (χ0) is 41.8. The number of pyridine rings is 2. The van der Waals surface area contributed by atoms with Gasteiger partial charge in [-0.1, -0.05) is 108 Å². The Morgan fingerprint density at radius 3 is 1.65 bits per heavy atom. The fourth-order valence-corrected chi connectivity index (χ4v) is 7.82. The number of rotatable bonds is 13. The van der Waals surface area contributed by atoms with Crippen molar-refractivity contribution in [1.82, 2.24) is 19.1 Å². The molecule has 304 valence electrons. The van der Waals surface area contributed by atoms with Gasteiger partial charge in [-0.2, -0.15) is 0 Å². The van der Waals surface area contributed by atoms with Gasteiger partial charge in [-0.15, -0.1) is 0 Å². The van der Waals surface area contributed by atoms with Crippen LogP contribution in [-0.2, 0) is 19.5 Å². The van der Waals surface area contributed by atoms with Gasteiger partial charge >= 0.3 is 0 Å². The lowest BCUT2D eigenvalue weighted by Crippen LogP contribution is -2.05. The molecule has 4 aromatic carbocycles. The normalized spacial score (nSPS) is 11.0. The third-order valence-electron chi connectivity index (χ3n) is 10.3. The summed E-state index contributed by atoms with van der Waals surface area (Å²) in [7, 11) is 0. The maximum atomic E-state index is 9.01. The Hall–Kier alpha value is -6.08. The summed E-state index contributed by atoms with van der Waals surface area (Å²) in [5.74, 6) is 7.34. The fraction of sp³-hybridized carbons (Fsp3) is 0.200. The molecule has 0 amide bonds. The number of nitrogens with two attached hydrogens (primary N) is 2. The van der Waals surface area contributed by atoms with Crippen LogP contribution in [0.4, 0.5) is 11.6 Å². The first-order valence-electron chi connectivity index (χ1n) is 20.2. The molecule has 0 fully saturated rings. The van der Waals surface area contributed by atoms with Crippen molar-refractivity contribution in [3.8, 4) is 34.4 Å². The molecular weight excluding hydrogens is 787 g/mol. The zero-order valence-electron chi connectivity index (χ0n) is 33.4. The van der Waals surface area contributed by atoms with E-state index in [9.17, 15) is 0 Å². The van der Waals surface area contributed by atoms with Crippen molar-refractivity contribution in [2.75, 3.05) is 24.7 Å². The van der Waals surface area contributed by atoms with Crippen molar-refractivity contribution in [3.63, 3.8) is 0 Å². The molecule has 0 aliphatic heterocycles. The topological polar surface area (TPSA) is 128 Å². The number of halogens is 2. The van der Waals surface area contributed by atoms with Gasteiger partial charge < -0.3 is 30.8 Å². The highest BCUT2D eigenvalue weighted by Gasteiger charge is 2.16. The van der Waals surface area contributed by atoms with Gasteiger partial charge in [-0.25, -0.2) is 9.97 Å². The van der Waals surface area contributed by atoms with Crippen LogP contribution in [0.1, 0.15) is 54.6 Å². The number of nitrogen functional groups attached to an aromatic ring is 2. The first-order chi connectivity index (χ1) is 29.3. The number of fused-ring (bicyclic) bond motifs is 2. The van der Waals surface area contributed by atoms with Crippen LogP contribution in [0.25, 0.3) is 44.3 Å². The van der Waals surface area contributed by atoms with Crippen molar-refractivity contribution in [2.45, 2.75) is 51.6 Å². The minimum atomic E-state index is 0.158. The number of aliphatic hydroxyl groups excluding tert-OH is 2. The highest BCUT2D eigenvalue weighted by molar-refractivity contribution is 6.33. The van der Waals surface area contributed by atoms with Crippen molar-refractivity contribution in [1.29, 1.82) is 0 Å². The molecule has 4 aromatic heterocycles. The number of aromatic nitrogens is 4. The maximum Gasteiger partial charge on any atom is 0.123 e. The van der Waals surface area contributed by atoms with Crippen LogP contribution in [0.5, 0.6) is 0 Å². The number of aryl methyl sites for hydroxylation is 1. The second-order valence-electron chi connectivity index (χ2n) is 14.6. The predicted molar refractivity (Wildman–Crippen MR) is 248 cm³/mol. The number of benzene rings is 4. The fourth-order valence-electron chi connectivity index (χ4n) is 7.36. The minimum Gasteiger partial charge on any atom is -0.396 e. The smallest absolute Gasteiger partial charge is 0.123 e. The number of hydrogen-bond acceptors (Lipinski definition) is 6. The number of nitrogens with zero attached hydrogens (tertiary/aromatic N) is 4. The molecule has 4 heterocycles. The average Bonchev–Trinajstić information content (AvgIpc) is 3.78. The Kier molecular flexibility index (Phi) is 14.2. The van der Waals surface area contributed by atoms with Gasteiger partial charge in [0.2, 0.25) is 0 Å². The molecule has 8 nitrogen and oxygen atoms in total. The van der Waals surface area contributed by atoms with Gasteiger partial charge in [0.1, 0.15) is 11.6 Å². The zero-order valence-corrected chi connectivity index (χ0v) is 34.9. The summed E-state index contributed by atoms with van der Waals surface area (Å²) < 4.78 is 4.48. The molecule has 6 N–H and O–H groups in total. The standard InChI is InChI=1S/C25H26ClN3O.C25H22ClN3O/c2*26-22-10-4-3-9-21(22)24-16-19-13-12-18(7-2-1-5-14-30)15-23(19)29(24)17-20-8-6-11-25(27)28-20/h3-4,6,8-13,15-16,30H,1-2,5,7,14,17H2,(H2,27,28);3-4,6,8-13,15-16,30H,1,5,14,17H2,(H2,27,28). The maximum absolute atomic E-state index is 9.01. The van der Waals surface area contributed by atoms with Crippen LogP contribution in [0.15, 0.2) is 133 Å². The van der Waals surface area contributed by atoms with E-state index in [0.717, 1.165) is 86.6 Å². The Morgan fingerprint density at radius 2 is 1.10 bits per heavy atom. The number of aliphatic hydroxyl groups is 2. The van der Waals surface area contributed by atoms with E-state index < -0.39 is 0 Å². The summed E-state index contributed by atoms with van der Waals surface area (Å²) in [6.07, 6.45) is 5.32. The Labute approximate surface area is 361 Å². The Morgan fingerprint density at radius 1 is 0.550 bits per heavy atom. The van der Waals surface area contributed by atoms with E-state index in [1.54, 1.807) is 12.1 Å². The molecule has 0 bridgehead atoms. The van der Waals surface area contributed by atoms with Crippen molar-refractivity contribution in [2.24, 2.45) is 0 Å². The van der Waals surface area contributed by atoms with Crippen LogP contribution in [0.3, 0.4) is 0 Å². The largest absolute Gasteiger partial charge is 0.396 e. The average molecular weight is 836 g/mol. The summed E-state index contributed by atoms with van der Waals surface area (Å²) in [6.45, 7) is 1.60. The summed E-state index contributed by atoms with van der Waals surface area (Å²) in [6, 6.07) is 44.3. The molecule has 0 aliphatic carbocycles. The lowest BCUT2D eigenvalue weighted by molar-refractivity contribution is 0.283. The molecule has 8 aromatic rings. The summed E-state index contributed by atoms with van der Waals surface area (Å²) in [5.41, 5.74) is 22.1. The van der Waals surface area contributed by atoms with Crippen LogP contribution < -0.4 is 11.5 Å². The molecule has 8 rings (SSSR count). The van der Waals surface area contributed by atoms with E-state index in [1.807, 2.05) is 72.8 Å². The molecule has 0 unspecified atom stereocenters. The second-order valence-corrected chi connectivity index (χ2v) is 15.4. The number of hydrogen-bond donors (Lipinski definition) is 4. The molecule has 0 saturated heterocycles. The van der Waals surface area contributed by atoms with E-state index >= 15 is 0 Å². The SMILES string of the molecule is Nc1cccc(Cn2c(-c3ccccc3Cl)cc3ccc(C#CCCCO)cc32)n1.Nc1cccc(Cn2c(-c3ccccc3Cl)cc3ccc(CCCCCO)cc32)n1. The van der Waals surface area contributed by atoms with E-state index in [4.69, 9.17) is 44.9 Å². The molecule has 0 aliphatic rings.